The number of carbonyl (C=O) groups excluding carboxylic acids is 1. The average molecular weight is 391 g/mol. The Morgan fingerprint density at radius 3 is 2.62 bits per heavy atom. The SMILES string of the molecule is Cc1ccc(C)c(S(=O)(=O)NC(=O)Nc2nnc(Br)s2)c1. The highest BCUT2D eigenvalue weighted by molar-refractivity contribution is 9.11. The molecule has 2 N–H and O–H groups in total. The summed E-state index contributed by atoms with van der Waals surface area (Å²) in [6.07, 6.45) is 0. The van der Waals surface area contributed by atoms with Crippen LogP contribution in [0.4, 0.5) is 9.93 Å². The first-order valence-electron chi connectivity index (χ1n) is 5.68. The van der Waals surface area contributed by atoms with Gasteiger partial charge in [-0.15, -0.1) is 10.2 Å². The van der Waals surface area contributed by atoms with Crippen molar-refractivity contribution in [3.05, 3.63) is 33.2 Å². The molecule has 0 atom stereocenters. The van der Waals surface area contributed by atoms with Crippen LogP contribution < -0.4 is 10.0 Å². The van der Waals surface area contributed by atoms with Crippen LogP contribution in [0.25, 0.3) is 0 Å². The van der Waals surface area contributed by atoms with Crippen molar-refractivity contribution in [3.8, 4) is 0 Å². The molecular weight excluding hydrogens is 380 g/mol. The van der Waals surface area contributed by atoms with E-state index < -0.39 is 16.1 Å². The lowest BCUT2D eigenvalue weighted by molar-refractivity contribution is 0.256. The van der Waals surface area contributed by atoms with Crippen molar-refractivity contribution in [1.29, 1.82) is 0 Å². The Hall–Kier alpha value is -1.52. The molecule has 0 aliphatic rings. The van der Waals surface area contributed by atoms with Crippen LogP contribution in [0.3, 0.4) is 0 Å². The van der Waals surface area contributed by atoms with E-state index in [1.165, 1.54) is 6.07 Å². The Morgan fingerprint density at radius 2 is 2.00 bits per heavy atom. The Labute approximate surface area is 134 Å². The number of nitrogens with zero attached hydrogens (tertiary/aromatic N) is 2. The maximum Gasteiger partial charge on any atom is 0.334 e. The fourth-order valence-electron chi connectivity index (χ4n) is 1.55. The van der Waals surface area contributed by atoms with Crippen LogP contribution in [0, 0.1) is 13.8 Å². The number of hydrogen-bond acceptors (Lipinski definition) is 6. The van der Waals surface area contributed by atoms with E-state index in [0.717, 1.165) is 16.9 Å². The van der Waals surface area contributed by atoms with Gasteiger partial charge < -0.3 is 0 Å². The van der Waals surface area contributed by atoms with Crippen LogP contribution in [0.2, 0.25) is 0 Å². The summed E-state index contributed by atoms with van der Waals surface area (Å²) < 4.78 is 26.8. The number of benzene rings is 1. The van der Waals surface area contributed by atoms with Gasteiger partial charge in [0.15, 0.2) is 3.92 Å². The number of urea groups is 1. The van der Waals surface area contributed by atoms with Gasteiger partial charge in [-0.3, -0.25) is 5.32 Å². The molecule has 21 heavy (non-hydrogen) atoms. The molecule has 0 aliphatic heterocycles. The highest BCUT2D eigenvalue weighted by atomic mass is 79.9. The van der Waals surface area contributed by atoms with Gasteiger partial charge in [-0.25, -0.2) is 17.9 Å². The van der Waals surface area contributed by atoms with Crippen molar-refractivity contribution in [1.82, 2.24) is 14.9 Å². The molecular formula is C11H11BrN4O3S2. The first-order valence-corrected chi connectivity index (χ1v) is 8.77. The van der Waals surface area contributed by atoms with Crippen molar-refractivity contribution in [3.63, 3.8) is 0 Å². The minimum absolute atomic E-state index is 0.0658. The van der Waals surface area contributed by atoms with E-state index in [4.69, 9.17) is 0 Å². The molecule has 2 rings (SSSR count). The predicted octanol–water partition coefficient (Wildman–Crippen LogP) is 2.43. The van der Waals surface area contributed by atoms with E-state index in [0.29, 0.717) is 9.48 Å². The van der Waals surface area contributed by atoms with Crippen LogP contribution >= 0.6 is 27.3 Å². The zero-order valence-electron chi connectivity index (χ0n) is 11.0. The zero-order valence-corrected chi connectivity index (χ0v) is 14.3. The highest BCUT2D eigenvalue weighted by Crippen LogP contribution is 2.20. The third kappa shape index (κ3) is 3.99. The minimum atomic E-state index is -3.94. The second-order valence-electron chi connectivity index (χ2n) is 4.19. The molecule has 112 valence electrons. The molecule has 0 spiro atoms. The molecule has 10 heteroatoms. The summed E-state index contributed by atoms with van der Waals surface area (Å²) in [5.74, 6) is 0. The van der Waals surface area contributed by atoms with Gasteiger partial charge in [0.25, 0.3) is 10.0 Å². The van der Waals surface area contributed by atoms with Crippen molar-refractivity contribution >= 4 is 48.5 Å². The topological polar surface area (TPSA) is 101 Å². The lowest BCUT2D eigenvalue weighted by atomic mass is 10.2. The number of halogens is 1. The van der Waals surface area contributed by atoms with Gasteiger partial charge >= 0.3 is 6.03 Å². The van der Waals surface area contributed by atoms with Gasteiger partial charge in [0.2, 0.25) is 5.13 Å². The summed E-state index contributed by atoms with van der Waals surface area (Å²) in [6, 6.07) is 4.10. The Kier molecular flexibility index (Phi) is 4.59. The summed E-state index contributed by atoms with van der Waals surface area (Å²) in [4.78, 5) is 11.8. The van der Waals surface area contributed by atoms with E-state index in [9.17, 15) is 13.2 Å². The molecule has 2 aromatic rings. The third-order valence-corrected chi connectivity index (χ3v) is 5.23. The predicted molar refractivity (Wildman–Crippen MR) is 82.9 cm³/mol. The summed E-state index contributed by atoms with van der Waals surface area (Å²) in [5, 5.41) is 9.79. The quantitative estimate of drug-likeness (QED) is 0.837. The molecule has 0 saturated heterocycles. The first kappa shape index (κ1) is 15.9. The van der Waals surface area contributed by atoms with Gasteiger partial charge in [-0.05, 0) is 47.0 Å². The monoisotopic (exact) mass is 390 g/mol. The summed E-state index contributed by atoms with van der Waals surface area (Å²) in [6.45, 7) is 3.44. The highest BCUT2D eigenvalue weighted by Gasteiger charge is 2.20. The van der Waals surface area contributed by atoms with Crippen LogP contribution in [0.1, 0.15) is 11.1 Å². The van der Waals surface area contributed by atoms with Crippen LogP contribution in [-0.2, 0) is 10.0 Å². The average Bonchev–Trinajstić information content (AvgIpc) is 2.76. The van der Waals surface area contributed by atoms with Crippen LogP contribution in [0.15, 0.2) is 27.0 Å². The first-order chi connectivity index (χ1) is 9.78. The van der Waals surface area contributed by atoms with Crippen molar-refractivity contribution in [2.45, 2.75) is 18.7 Å². The number of aryl methyl sites for hydroxylation is 2. The Balaban J connectivity index is 2.17. The molecule has 0 bridgehead atoms. The molecule has 1 heterocycles. The fourth-order valence-corrected chi connectivity index (χ4v) is 3.80. The van der Waals surface area contributed by atoms with Crippen molar-refractivity contribution in [2.24, 2.45) is 0 Å². The summed E-state index contributed by atoms with van der Waals surface area (Å²) in [5.41, 5.74) is 1.34. The largest absolute Gasteiger partial charge is 0.334 e. The second kappa shape index (κ2) is 6.08. The van der Waals surface area contributed by atoms with E-state index in [-0.39, 0.29) is 10.0 Å². The summed E-state index contributed by atoms with van der Waals surface area (Å²) in [7, 11) is -3.94. The maximum absolute atomic E-state index is 12.2. The number of hydrogen-bond donors (Lipinski definition) is 2. The lowest BCUT2D eigenvalue weighted by Gasteiger charge is -2.10. The minimum Gasteiger partial charge on any atom is -0.281 e. The maximum atomic E-state index is 12.2. The molecule has 2 amide bonds. The molecule has 0 fully saturated rings. The number of aromatic nitrogens is 2. The number of anilines is 1. The van der Waals surface area contributed by atoms with E-state index in [1.807, 2.05) is 4.72 Å². The molecule has 0 aliphatic carbocycles. The molecule has 0 unspecified atom stereocenters. The standard InChI is InChI=1S/C11H11BrN4O3S2/c1-6-3-4-7(2)8(5-6)21(18,19)16-10(17)13-11-15-14-9(12)20-11/h3-5H,1-2H3,(H2,13,15,16,17). The van der Waals surface area contributed by atoms with Crippen molar-refractivity contribution < 1.29 is 13.2 Å². The number of amides is 2. The molecule has 0 saturated carbocycles. The molecule has 1 aromatic heterocycles. The Bertz CT molecular complexity index is 789. The van der Waals surface area contributed by atoms with E-state index in [2.05, 4.69) is 31.4 Å². The molecule has 0 radical (unpaired) electrons. The van der Waals surface area contributed by atoms with Gasteiger partial charge in [0, 0.05) is 0 Å². The van der Waals surface area contributed by atoms with Gasteiger partial charge in [0.05, 0.1) is 4.90 Å². The molecule has 1 aromatic carbocycles. The number of sulfonamides is 1. The van der Waals surface area contributed by atoms with Crippen LogP contribution in [0.5, 0.6) is 0 Å². The second-order valence-corrected chi connectivity index (χ2v) is 8.09. The normalized spacial score (nSPS) is 11.2. The van der Waals surface area contributed by atoms with Gasteiger partial charge in [0.1, 0.15) is 0 Å². The van der Waals surface area contributed by atoms with Crippen molar-refractivity contribution in [2.75, 3.05) is 5.32 Å². The smallest absolute Gasteiger partial charge is 0.281 e. The fraction of sp³-hybridized carbons (Fsp3) is 0.182. The zero-order chi connectivity index (χ0) is 15.6. The van der Waals surface area contributed by atoms with E-state index >= 15 is 0 Å². The molecule has 7 nitrogen and oxygen atoms in total. The van der Waals surface area contributed by atoms with Crippen LogP contribution in [-0.4, -0.2) is 24.6 Å². The third-order valence-electron chi connectivity index (χ3n) is 2.48. The lowest BCUT2D eigenvalue weighted by Crippen LogP contribution is -2.34. The number of rotatable bonds is 3. The van der Waals surface area contributed by atoms with Gasteiger partial charge in [-0.1, -0.05) is 23.5 Å². The number of nitrogens with one attached hydrogen (secondary N) is 2. The van der Waals surface area contributed by atoms with Gasteiger partial charge in [-0.2, -0.15) is 0 Å². The summed E-state index contributed by atoms with van der Waals surface area (Å²) >= 11 is 4.16. The Morgan fingerprint density at radius 1 is 1.29 bits per heavy atom. The van der Waals surface area contributed by atoms with E-state index in [1.54, 1.807) is 26.0 Å². The number of carbonyl (C=O) groups is 1.